The van der Waals surface area contributed by atoms with Crippen LogP contribution >= 0.6 is 0 Å². The summed E-state index contributed by atoms with van der Waals surface area (Å²) in [7, 11) is 0. The number of pyridine rings is 1. The molecule has 1 atom stereocenters. The molecule has 2 aromatic rings. The number of nitrogens with zero attached hydrogens (tertiary/aromatic N) is 1. The molecule has 1 unspecified atom stereocenters. The number of carbonyl (C=O) groups is 1. The minimum Gasteiger partial charge on any atom is -0.346 e. The molecule has 1 aromatic heterocycles. The smallest absolute Gasteiger partial charge is 0.251 e. The lowest BCUT2D eigenvalue weighted by molar-refractivity contribution is 0.0939. The number of halogens is 1. The van der Waals surface area contributed by atoms with Crippen LogP contribution in [0.3, 0.4) is 0 Å². The minimum atomic E-state index is -0.656. The van der Waals surface area contributed by atoms with E-state index in [1.807, 2.05) is 38.1 Å². The molecule has 0 radical (unpaired) electrons. The van der Waals surface area contributed by atoms with E-state index in [0.29, 0.717) is 0 Å². The summed E-state index contributed by atoms with van der Waals surface area (Å²) >= 11 is 0. The average Bonchev–Trinajstić information content (AvgIpc) is 2.39. The van der Waals surface area contributed by atoms with Crippen LogP contribution in [0.2, 0.25) is 0 Å². The molecule has 0 fully saturated rings. The van der Waals surface area contributed by atoms with Gasteiger partial charge in [-0.25, -0.2) is 4.98 Å². The Balaban J connectivity index is 2.13. The average molecular weight is 258 g/mol. The van der Waals surface area contributed by atoms with E-state index in [4.69, 9.17) is 0 Å². The highest BCUT2D eigenvalue weighted by Gasteiger charge is 2.13. The van der Waals surface area contributed by atoms with Crippen molar-refractivity contribution in [2.45, 2.75) is 19.9 Å². The number of hydrogen-bond acceptors (Lipinski definition) is 2. The molecule has 2 rings (SSSR count). The van der Waals surface area contributed by atoms with Crippen molar-refractivity contribution < 1.29 is 9.18 Å². The predicted molar refractivity (Wildman–Crippen MR) is 71.3 cm³/mol. The van der Waals surface area contributed by atoms with E-state index in [1.54, 1.807) is 0 Å². The Morgan fingerprint density at radius 3 is 2.74 bits per heavy atom. The van der Waals surface area contributed by atoms with Gasteiger partial charge in [0.05, 0.1) is 6.04 Å². The van der Waals surface area contributed by atoms with Crippen LogP contribution < -0.4 is 5.32 Å². The van der Waals surface area contributed by atoms with E-state index in [-0.39, 0.29) is 17.5 Å². The van der Waals surface area contributed by atoms with Gasteiger partial charge in [0, 0.05) is 17.8 Å². The third-order valence-corrected chi connectivity index (χ3v) is 2.99. The molecule has 1 N–H and O–H groups in total. The highest BCUT2D eigenvalue weighted by Crippen LogP contribution is 2.17. The summed E-state index contributed by atoms with van der Waals surface area (Å²) in [4.78, 5) is 15.4. The molecular weight excluding hydrogens is 243 g/mol. The van der Waals surface area contributed by atoms with Crippen molar-refractivity contribution in [3.05, 3.63) is 65.2 Å². The van der Waals surface area contributed by atoms with Crippen LogP contribution in [0.25, 0.3) is 0 Å². The lowest BCUT2D eigenvalue weighted by atomic mass is 10.0. The number of amides is 1. The molecule has 0 saturated carbocycles. The topological polar surface area (TPSA) is 42.0 Å². The van der Waals surface area contributed by atoms with Gasteiger partial charge in [-0.2, -0.15) is 4.39 Å². The van der Waals surface area contributed by atoms with Crippen LogP contribution in [0, 0.1) is 12.9 Å². The third-order valence-electron chi connectivity index (χ3n) is 2.99. The standard InChI is InChI=1S/C15H15FN2O/c1-10-5-3-4-6-13(10)11(2)18-15(19)12-7-8-17-14(16)9-12/h3-9,11H,1-2H3,(H,18,19). The number of aryl methyl sites for hydroxylation is 1. The van der Waals surface area contributed by atoms with E-state index in [0.717, 1.165) is 17.2 Å². The largest absolute Gasteiger partial charge is 0.346 e. The van der Waals surface area contributed by atoms with Gasteiger partial charge in [0.25, 0.3) is 5.91 Å². The van der Waals surface area contributed by atoms with Crippen molar-refractivity contribution in [2.24, 2.45) is 0 Å². The Bertz CT molecular complexity index is 598. The van der Waals surface area contributed by atoms with Crippen molar-refractivity contribution in [1.29, 1.82) is 0 Å². The summed E-state index contributed by atoms with van der Waals surface area (Å²) in [6.45, 7) is 3.89. The Kier molecular flexibility index (Phi) is 3.90. The molecule has 0 aliphatic carbocycles. The summed E-state index contributed by atoms with van der Waals surface area (Å²) in [6.07, 6.45) is 1.28. The number of benzene rings is 1. The monoisotopic (exact) mass is 258 g/mol. The first-order chi connectivity index (χ1) is 9.08. The van der Waals surface area contributed by atoms with Crippen LogP contribution in [0.1, 0.15) is 34.5 Å². The first-order valence-electron chi connectivity index (χ1n) is 6.06. The Hall–Kier alpha value is -2.23. The van der Waals surface area contributed by atoms with Crippen LogP contribution in [0.15, 0.2) is 42.6 Å². The summed E-state index contributed by atoms with van der Waals surface area (Å²) in [6, 6.07) is 10.3. The van der Waals surface area contributed by atoms with Crippen molar-refractivity contribution >= 4 is 5.91 Å². The van der Waals surface area contributed by atoms with Gasteiger partial charge < -0.3 is 5.32 Å². The normalized spacial score (nSPS) is 11.9. The second kappa shape index (κ2) is 5.61. The van der Waals surface area contributed by atoms with Crippen LogP contribution in [0.4, 0.5) is 4.39 Å². The van der Waals surface area contributed by atoms with Crippen LogP contribution in [0.5, 0.6) is 0 Å². The van der Waals surface area contributed by atoms with Gasteiger partial charge in [-0.3, -0.25) is 4.79 Å². The summed E-state index contributed by atoms with van der Waals surface area (Å²) < 4.78 is 13.0. The first-order valence-corrected chi connectivity index (χ1v) is 6.06. The second-order valence-corrected chi connectivity index (χ2v) is 4.42. The molecule has 0 saturated heterocycles. The van der Waals surface area contributed by atoms with Crippen molar-refractivity contribution in [2.75, 3.05) is 0 Å². The number of aromatic nitrogens is 1. The van der Waals surface area contributed by atoms with E-state index >= 15 is 0 Å². The maximum atomic E-state index is 13.0. The number of hydrogen-bond donors (Lipinski definition) is 1. The highest BCUT2D eigenvalue weighted by molar-refractivity contribution is 5.94. The van der Waals surface area contributed by atoms with Gasteiger partial charge in [-0.1, -0.05) is 24.3 Å². The molecule has 1 amide bonds. The lowest BCUT2D eigenvalue weighted by Crippen LogP contribution is -2.27. The van der Waals surface area contributed by atoms with Gasteiger partial charge in [-0.05, 0) is 31.0 Å². The number of rotatable bonds is 3. The van der Waals surface area contributed by atoms with E-state index < -0.39 is 5.95 Å². The fourth-order valence-electron chi connectivity index (χ4n) is 1.97. The molecule has 1 heterocycles. The molecule has 4 heteroatoms. The van der Waals surface area contributed by atoms with Crippen LogP contribution in [-0.4, -0.2) is 10.9 Å². The predicted octanol–water partition coefficient (Wildman–Crippen LogP) is 3.02. The zero-order valence-corrected chi connectivity index (χ0v) is 10.9. The zero-order chi connectivity index (χ0) is 13.8. The molecule has 1 aromatic carbocycles. The summed E-state index contributed by atoms with van der Waals surface area (Å²) in [5.41, 5.74) is 2.43. The van der Waals surface area contributed by atoms with Crippen molar-refractivity contribution in [3.8, 4) is 0 Å². The first kappa shape index (κ1) is 13.2. The quantitative estimate of drug-likeness (QED) is 0.860. The van der Waals surface area contributed by atoms with Crippen LogP contribution in [-0.2, 0) is 0 Å². The molecule has 0 aliphatic rings. The van der Waals surface area contributed by atoms with E-state index in [9.17, 15) is 9.18 Å². The highest BCUT2D eigenvalue weighted by atomic mass is 19.1. The molecule has 98 valence electrons. The maximum absolute atomic E-state index is 13.0. The summed E-state index contributed by atoms with van der Waals surface area (Å²) in [5.74, 6) is -0.965. The Morgan fingerprint density at radius 2 is 2.05 bits per heavy atom. The van der Waals surface area contributed by atoms with Gasteiger partial charge in [0.1, 0.15) is 0 Å². The SMILES string of the molecule is Cc1ccccc1C(C)NC(=O)c1ccnc(F)c1. The van der Waals surface area contributed by atoms with Crippen molar-refractivity contribution in [3.63, 3.8) is 0 Å². The molecule has 19 heavy (non-hydrogen) atoms. The van der Waals surface area contributed by atoms with Gasteiger partial charge in [0.15, 0.2) is 0 Å². The van der Waals surface area contributed by atoms with Gasteiger partial charge >= 0.3 is 0 Å². The van der Waals surface area contributed by atoms with Crippen molar-refractivity contribution in [1.82, 2.24) is 10.3 Å². The van der Waals surface area contributed by atoms with E-state index in [1.165, 1.54) is 12.3 Å². The Labute approximate surface area is 111 Å². The number of nitrogens with one attached hydrogen (secondary N) is 1. The molecule has 0 bridgehead atoms. The molecule has 0 spiro atoms. The van der Waals surface area contributed by atoms with Gasteiger partial charge in [-0.15, -0.1) is 0 Å². The number of carbonyl (C=O) groups excluding carboxylic acids is 1. The maximum Gasteiger partial charge on any atom is 0.251 e. The Morgan fingerprint density at radius 1 is 1.32 bits per heavy atom. The fraction of sp³-hybridized carbons (Fsp3) is 0.200. The van der Waals surface area contributed by atoms with Gasteiger partial charge in [0.2, 0.25) is 5.95 Å². The molecule has 3 nitrogen and oxygen atoms in total. The minimum absolute atomic E-state index is 0.134. The van der Waals surface area contributed by atoms with E-state index in [2.05, 4.69) is 10.3 Å². The second-order valence-electron chi connectivity index (χ2n) is 4.42. The summed E-state index contributed by atoms with van der Waals surface area (Å²) in [5, 5.41) is 2.85. The third kappa shape index (κ3) is 3.16. The fourth-order valence-corrected chi connectivity index (χ4v) is 1.97. The molecular formula is C15H15FN2O. The zero-order valence-electron chi connectivity index (χ0n) is 10.9. The molecule has 0 aliphatic heterocycles. The lowest BCUT2D eigenvalue weighted by Gasteiger charge is -2.16.